The highest BCUT2D eigenvalue weighted by atomic mass is 19.1. The largest absolute Gasteiger partial charge is 0.294 e. The molecule has 3 rings (SSSR count). The molecular weight excluding hydrogens is 283 g/mol. The van der Waals surface area contributed by atoms with Crippen molar-refractivity contribution in [3.8, 4) is 0 Å². The Morgan fingerprint density at radius 3 is 2.23 bits per heavy atom. The topological polar surface area (TPSA) is 51.2 Å². The molecule has 2 unspecified atom stereocenters. The molecule has 4 heteroatoms. The van der Waals surface area contributed by atoms with E-state index in [0.29, 0.717) is 0 Å². The first-order valence-corrected chi connectivity index (χ1v) is 6.96. The predicted octanol–water partition coefficient (Wildman–Crippen LogP) is 2.84. The fourth-order valence-corrected chi connectivity index (χ4v) is 2.89. The molecule has 2 aliphatic rings. The Bertz CT molecular complexity index is 783. The quantitative estimate of drug-likeness (QED) is 0.623. The van der Waals surface area contributed by atoms with Gasteiger partial charge in [-0.2, -0.15) is 0 Å². The number of halogens is 1. The van der Waals surface area contributed by atoms with Crippen LogP contribution < -0.4 is 0 Å². The third-order valence-electron chi connectivity index (χ3n) is 4.08. The number of hydrogen-bond donors (Lipinski definition) is 0. The zero-order chi connectivity index (χ0) is 15.9. The van der Waals surface area contributed by atoms with E-state index in [1.165, 1.54) is 25.1 Å². The Balaban J connectivity index is 2.11. The number of ketones is 3. The summed E-state index contributed by atoms with van der Waals surface area (Å²) in [4.78, 5) is 37.5. The maximum absolute atomic E-state index is 13.8. The van der Waals surface area contributed by atoms with Crippen LogP contribution in [0.4, 0.5) is 4.39 Å². The van der Waals surface area contributed by atoms with E-state index in [2.05, 4.69) is 0 Å². The first-order chi connectivity index (χ1) is 10.5. The number of carbonyl (C=O) groups is 3. The van der Waals surface area contributed by atoms with Crippen molar-refractivity contribution < 1.29 is 18.8 Å². The van der Waals surface area contributed by atoms with Crippen molar-refractivity contribution >= 4 is 17.3 Å². The standard InChI is InChI=1S/C18H13FO3/c1-10-15(18(22)13-8-4-5-9-14(13)19)17(21)12-7-3-2-6-11(12)16(10)20/h2-9,11-12H,1H3. The summed E-state index contributed by atoms with van der Waals surface area (Å²) in [5.74, 6) is -3.34. The number of allylic oxidation sites excluding steroid dienone is 6. The highest BCUT2D eigenvalue weighted by Gasteiger charge is 2.42. The minimum atomic E-state index is -0.727. The lowest BCUT2D eigenvalue weighted by molar-refractivity contribution is -0.127. The van der Waals surface area contributed by atoms with E-state index in [-0.39, 0.29) is 22.5 Å². The maximum Gasteiger partial charge on any atom is 0.199 e. The maximum atomic E-state index is 13.8. The van der Waals surface area contributed by atoms with E-state index < -0.39 is 29.2 Å². The molecule has 2 atom stereocenters. The van der Waals surface area contributed by atoms with Crippen molar-refractivity contribution in [2.45, 2.75) is 6.92 Å². The number of benzene rings is 1. The fraction of sp³-hybridized carbons (Fsp3) is 0.167. The van der Waals surface area contributed by atoms with Crippen molar-refractivity contribution in [1.82, 2.24) is 0 Å². The van der Waals surface area contributed by atoms with Crippen LogP contribution in [0.15, 0.2) is 59.7 Å². The van der Waals surface area contributed by atoms with Gasteiger partial charge in [-0.05, 0) is 19.1 Å². The van der Waals surface area contributed by atoms with Gasteiger partial charge in [0.1, 0.15) is 5.82 Å². The lowest BCUT2D eigenvalue weighted by Crippen LogP contribution is -2.38. The van der Waals surface area contributed by atoms with Crippen LogP contribution in [-0.4, -0.2) is 17.3 Å². The van der Waals surface area contributed by atoms with Crippen LogP contribution in [0.25, 0.3) is 0 Å². The number of fused-ring (bicyclic) bond motifs is 1. The van der Waals surface area contributed by atoms with Gasteiger partial charge >= 0.3 is 0 Å². The normalized spacial score (nSPS) is 23.7. The Kier molecular flexibility index (Phi) is 3.45. The lowest BCUT2D eigenvalue weighted by atomic mass is 9.71. The second kappa shape index (κ2) is 5.30. The Morgan fingerprint density at radius 2 is 1.59 bits per heavy atom. The van der Waals surface area contributed by atoms with Gasteiger partial charge in [-0.1, -0.05) is 36.4 Å². The molecule has 0 aliphatic heterocycles. The van der Waals surface area contributed by atoms with Crippen molar-refractivity contribution in [3.05, 3.63) is 71.1 Å². The minimum absolute atomic E-state index is 0.111. The SMILES string of the molecule is CC1=C(C(=O)c2ccccc2F)C(=O)C2C=CC=CC2C1=O. The van der Waals surface area contributed by atoms with E-state index in [0.717, 1.165) is 6.07 Å². The third-order valence-corrected chi connectivity index (χ3v) is 4.08. The summed E-state index contributed by atoms with van der Waals surface area (Å²) in [6.07, 6.45) is 6.67. The van der Waals surface area contributed by atoms with E-state index in [1.54, 1.807) is 24.3 Å². The summed E-state index contributed by atoms with van der Waals surface area (Å²) < 4.78 is 13.8. The molecule has 0 saturated carbocycles. The smallest absolute Gasteiger partial charge is 0.199 e. The van der Waals surface area contributed by atoms with Gasteiger partial charge in [0.15, 0.2) is 17.3 Å². The fourth-order valence-electron chi connectivity index (χ4n) is 2.89. The highest BCUT2D eigenvalue weighted by molar-refractivity contribution is 6.33. The molecule has 0 aromatic heterocycles. The molecule has 1 aromatic carbocycles. The predicted molar refractivity (Wildman–Crippen MR) is 78.7 cm³/mol. The van der Waals surface area contributed by atoms with Crippen LogP contribution in [0, 0.1) is 17.7 Å². The molecule has 0 bridgehead atoms. The second-order valence-electron chi connectivity index (χ2n) is 5.36. The molecule has 0 N–H and O–H groups in total. The average molecular weight is 296 g/mol. The molecule has 0 spiro atoms. The number of carbonyl (C=O) groups excluding carboxylic acids is 3. The van der Waals surface area contributed by atoms with Crippen molar-refractivity contribution in [2.75, 3.05) is 0 Å². The van der Waals surface area contributed by atoms with Gasteiger partial charge in [0.05, 0.1) is 23.0 Å². The molecule has 0 radical (unpaired) electrons. The summed E-state index contributed by atoms with van der Waals surface area (Å²) in [6, 6.07) is 5.46. The Morgan fingerprint density at radius 1 is 1.00 bits per heavy atom. The highest BCUT2D eigenvalue weighted by Crippen LogP contribution is 2.34. The number of Topliss-reactive ketones (excluding diaryl/α,β-unsaturated/α-hetero) is 3. The molecule has 0 fully saturated rings. The molecule has 110 valence electrons. The Hall–Kier alpha value is -2.62. The molecule has 0 amide bonds. The van der Waals surface area contributed by atoms with Crippen molar-refractivity contribution in [3.63, 3.8) is 0 Å². The van der Waals surface area contributed by atoms with Gasteiger partial charge in [-0.15, -0.1) is 0 Å². The van der Waals surface area contributed by atoms with Crippen LogP contribution in [0.2, 0.25) is 0 Å². The van der Waals surface area contributed by atoms with Crippen molar-refractivity contribution in [1.29, 1.82) is 0 Å². The monoisotopic (exact) mass is 296 g/mol. The second-order valence-corrected chi connectivity index (χ2v) is 5.36. The average Bonchev–Trinajstić information content (AvgIpc) is 2.53. The van der Waals surface area contributed by atoms with Crippen LogP contribution in [0.1, 0.15) is 17.3 Å². The van der Waals surface area contributed by atoms with Crippen LogP contribution in [0.5, 0.6) is 0 Å². The van der Waals surface area contributed by atoms with E-state index in [9.17, 15) is 18.8 Å². The van der Waals surface area contributed by atoms with Crippen LogP contribution >= 0.6 is 0 Å². The van der Waals surface area contributed by atoms with Gasteiger partial charge in [0, 0.05) is 5.57 Å². The van der Waals surface area contributed by atoms with E-state index in [1.807, 2.05) is 0 Å². The molecule has 0 heterocycles. The Labute approximate surface area is 126 Å². The minimum Gasteiger partial charge on any atom is -0.294 e. The summed E-state index contributed by atoms with van der Waals surface area (Å²) in [7, 11) is 0. The number of rotatable bonds is 2. The van der Waals surface area contributed by atoms with Gasteiger partial charge in [-0.25, -0.2) is 4.39 Å². The molecular formula is C18H13FO3. The van der Waals surface area contributed by atoms with Crippen LogP contribution in [-0.2, 0) is 9.59 Å². The first-order valence-electron chi connectivity index (χ1n) is 6.96. The summed E-state index contributed by atoms with van der Waals surface area (Å²) in [6.45, 7) is 1.46. The van der Waals surface area contributed by atoms with Gasteiger partial charge in [-0.3, -0.25) is 14.4 Å². The zero-order valence-electron chi connectivity index (χ0n) is 11.9. The van der Waals surface area contributed by atoms with Gasteiger partial charge in [0.2, 0.25) is 0 Å². The zero-order valence-corrected chi connectivity index (χ0v) is 11.9. The molecule has 1 aromatic rings. The molecule has 22 heavy (non-hydrogen) atoms. The molecule has 3 nitrogen and oxygen atoms in total. The third kappa shape index (κ3) is 2.08. The lowest BCUT2D eigenvalue weighted by Gasteiger charge is -2.28. The van der Waals surface area contributed by atoms with Crippen LogP contribution in [0.3, 0.4) is 0 Å². The molecule has 0 saturated heterocycles. The summed E-state index contributed by atoms with van der Waals surface area (Å²) in [5, 5.41) is 0. The number of hydrogen-bond acceptors (Lipinski definition) is 3. The van der Waals surface area contributed by atoms with Crippen molar-refractivity contribution in [2.24, 2.45) is 11.8 Å². The van der Waals surface area contributed by atoms with E-state index in [4.69, 9.17) is 0 Å². The van der Waals surface area contributed by atoms with E-state index >= 15 is 0 Å². The van der Waals surface area contributed by atoms with Gasteiger partial charge in [0.25, 0.3) is 0 Å². The van der Waals surface area contributed by atoms with Gasteiger partial charge < -0.3 is 0 Å². The summed E-state index contributed by atoms with van der Waals surface area (Å²) in [5.41, 5.74) is -0.275. The summed E-state index contributed by atoms with van der Waals surface area (Å²) >= 11 is 0. The molecule has 2 aliphatic carbocycles. The first kappa shape index (κ1) is 14.3.